The second-order valence-electron chi connectivity index (χ2n) is 7.38. The molecule has 0 unspecified atom stereocenters. The number of hydrogen-bond acceptors (Lipinski definition) is 2. The number of nitrogens with zero attached hydrogens (tertiary/aromatic N) is 2. The number of carbonyl (C=O) groups is 2. The lowest BCUT2D eigenvalue weighted by Gasteiger charge is -2.39. The fourth-order valence-electron chi connectivity index (χ4n) is 3.57. The van der Waals surface area contributed by atoms with Crippen LogP contribution in [0.1, 0.15) is 37.8 Å². The predicted molar refractivity (Wildman–Crippen MR) is 107 cm³/mol. The molecule has 1 heterocycles. The highest BCUT2D eigenvalue weighted by Crippen LogP contribution is 2.31. The molecule has 5 nitrogen and oxygen atoms in total. The van der Waals surface area contributed by atoms with Crippen molar-refractivity contribution in [1.82, 2.24) is 4.90 Å². The minimum atomic E-state index is 0.0346. The number of nitrogens with one attached hydrogen (secondary N) is 1. The Morgan fingerprint density at radius 1 is 1.04 bits per heavy atom. The average molecular weight is 363 g/mol. The topological polar surface area (TPSA) is 52.6 Å². The Balaban J connectivity index is 1.46. The highest BCUT2D eigenvalue weighted by molar-refractivity contribution is 5.95. The molecule has 140 valence electrons. The second kappa shape index (κ2) is 7.43. The van der Waals surface area contributed by atoms with Crippen LogP contribution >= 0.6 is 0 Å². The Morgan fingerprint density at radius 2 is 1.74 bits per heavy atom. The van der Waals surface area contributed by atoms with Crippen LogP contribution < -0.4 is 10.2 Å². The summed E-state index contributed by atoms with van der Waals surface area (Å²) in [5, 5.41) is 2.94. The van der Waals surface area contributed by atoms with Gasteiger partial charge in [-0.25, -0.2) is 4.79 Å². The maximum atomic E-state index is 13.1. The molecule has 1 saturated heterocycles. The number of hydrogen-bond donors (Lipinski definition) is 1. The number of carbonyl (C=O) groups excluding carboxylic acids is 2. The molecule has 27 heavy (non-hydrogen) atoms. The van der Waals surface area contributed by atoms with Crippen molar-refractivity contribution in [2.24, 2.45) is 5.92 Å². The van der Waals surface area contributed by atoms with Crippen molar-refractivity contribution >= 4 is 23.3 Å². The Morgan fingerprint density at radius 3 is 2.41 bits per heavy atom. The van der Waals surface area contributed by atoms with Crippen LogP contribution in [0.15, 0.2) is 54.6 Å². The maximum absolute atomic E-state index is 13.1. The van der Waals surface area contributed by atoms with E-state index in [1.807, 2.05) is 52.3 Å². The fraction of sp³-hybridized carbons (Fsp3) is 0.364. The van der Waals surface area contributed by atoms with Crippen LogP contribution in [-0.2, 0) is 4.79 Å². The molecule has 4 rings (SSSR count). The van der Waals surface area contributed by atoms with Crippen molar-refractivity contribution in [3.63, 3.8) is 0 Å². The van der Waals surface area contributed by atoms with Gasteiger partial charge in [0.25, 0.3) is 0 Å². The molecule has 2 aromatic carbocycles. The summed E-state index contributed by atoms with van der Waals surface area (Å²) >= 11 is 0. The van der Waals surface area contributed by atoms with Crippen molar-refractivity contribution < 1.29 is 9.59 Å². The third kappa shape index (κ3) is 3.82. The number of urea groups is 1. The first kappa shape index (κ1) is 17.6. The molecule has 2 fully saturated rings. The molecule has 0 bridgehead atoms. The smallest absolute Gasteiger partial charge is 0.324 e. The summed E-state index contributed by atoms with van der Waals surface area (Å²) in [4.78, 5) is 28.7. The number of anilines is 2. The van der Waals surface area contributed by atoms with Crippen LogP contribution in [-0.4, -0.2) is 29.9 Å². The zero-order valence-electron chi connectivity index (χ0n) is 15.6. The highest BCUT2D eigenvalue weighted by Gasteiger charge is 2.31. The standard InChI is InChI=1S/C22H25N3O2/c1-16(17-6-3-2-4-7-17)24-14-5-15-25(22(24)27)20-12-10-19(11-13-20)23-21(26)18-8-9-18/h2-4,6-7,10-13,16,18H,5,8-9,14-15H2,1H3,(H,23,26)/t16-/m0/s1. The van der Waals surface area contributed by atoms with Gasteiger partial charge in [-0.15, -0.1) is 0 Å². The van der Waals surface area contributed by atoms with E-state index in [0.717, 1.165) is 42.7 Å². The van der Waals surface area contributed by atoms with Gasteiger partial charge >= 0.3 is 6.03 Å². The van der Waals surface area contributed by atoms with Gasteiger partial charge in [-0.05, 0) is 56.0 Å². The number of amides is 3. The summed E-state index contributed by atoms with van der Waals surface area (Å²) in [6.45, 7) is 3.55. The molecule has 1 N–H and O–H groups in total. The van der Waals surface area contributed by atoms with Crippen LogP contribution in [0.5, 0.6) is 0 Å². The molecule has 1 saturated carbocycles. The molecule has 2 aromatic rings. The summed E-state index contributed by atoms with van der Waals surface area (Å²) in [5.41, 5.74) is 2.80. The second-order valence-corrected chi connectivity index (χ2v) is 7.38. The summed E-state index contributed by atoms with van der Waals surface area (Å²) in [5.74, 6) is 0.279. The van der Waals surface area contributed by atoms with Crippen molar-refractivity contribution in [2.75, 3.05) is 23.3 Å². The van der Waals surface area contributed by atoms with Crippen molar-refractivity contribution in [2.45, 2.75) is 32.2 Å². The zero-order valence-corrected chi connectivity index (χ0v) is 15.6. The van der Waals surface area contributed by atoms with Crippen LogP contribution in [0, 0.1) is 5.92 Å². The quantitative estimate of drug-likeness (QED) is 0.854. The fourth-order valence-corrected chi connectivity index (χ4v) is 3.57. The molecular formula is C22H25N3O2. The zero-order chi connectivity index (χ0) is 18.8. The first-order chi connectivity index (χ1) is 13.1. The summed E-state index contributed by atoms with van der Waals surface area (Å²) < 4.78 is 0. The molecule has 3 amide bonds. The van der Waals surface area contributed by atoms with Crippen molar-refractivity contribution in [3.8, 4) is 0 Å². The molecule has 2 aliphatic rings. The third-order valence-electron chi connectivity index (χ3n) is 5.40. The van der Waals surface area contributed by atoms with E-state index in [-0.39, 0.29) is 23.9 Å². The first-order valence-electron chi connectivity index (χ1n) is 9.67. The molecule has 0 aromatic heterocycles. The van der Waals surface area contributed by atoms with Gasteiger partial charge < -0.3 is 10.2 Å². The predicted octanol–water partition coefficient (Wildman–Crippen LogP) is 4.43. The minimum absolute atomic E-state index is 0.0346. The minimum Gasteiger partial charge on any atom is -0.326 e. The summed E-state index contributed by atoms with van der Waals surface area (Å²) in [7, 11) is 0. The van der Waals surface area contributed by atoms with Crippen LogP contribution in [0.4, 0.5) is 16.2 Å². The highest BCUT2D eigenvalue weighted by atomic mass is 16.2. The van der Waals surface area contributed by atoms with Crippen molar-refractivity contribution in [1.29, 1.82) is 0 Å². The lowest BCUT2D eigenvalue weighted by molar-refractivity contribution is -0.117. The molecule has 1 atom stereocenters. The molecule has 1 aliphatic heterocycles. The third-order valence-corrected chi connectivity index (χ3v) is 5.40. The van der Waals surface area contributed by atoms with Gasteiger partial charge in [0.1, 0.15) is 0 Å². The van der Waals surface area contributed by atoms with E-state index in [1.165, 1.54) is 0 Å². The Kier molecular flexibility index (Phi) is 4.84. The van der Waals surface area contributed by atoms with Crippen LogP contribution in [0.25, 0.3) is 0 Å². The molecular weight excluding hydrogens is 338 g/mol. The van der Waals surface area contributed by atoms with Gasteiger partial charge in [0, 0.05) is 30.4 Å². The van der Waals surface area contributed by atoms with E-state index in [2.05, 4.69) is 24.4 Å². The van der Waals surface area contributed by atoms with E-state index in [9.17, 15) is 9.59 Å². The number of rotatable bonds is 5. The molecule has 0 radical (unpaired) electrons. The average Bonchev–Trinajstić information content (AvgIpc) is 3.55. The molecule has 1 aliphatic carbocycles. The van der Waals surface area contributed by atoms with Gasteiger partial charge in [0.15, 0.2) is 0 Å². The van der Waals surface area contributed by atoms with Gasteiger partial charge in [-0.2, -0.15) is 0 Å². The van der Waals surface area contributed by atoms with E-state index >= 15 is 0 Å². The normalized spacial score (nSPS) is 18.3. The molecule has 5 heteroatoms. The largest absolute Gasteiger partial charge is 0.326 e. The van der Waals surface area contributed by atoms with E-state index in [4.69, 9.17) is 0 Å². The van der Waals surface area contributed by atoms with Gasteiger partial charge in [0.05, 0.1) is 6.04 Å². The Labute approximate surface area is 160 Å². The molecule has 0 spiro atoms. The van der Waals surface area contributed by atoms with Crippen LogP contribution in [0.3, 0.4) is 0 Å². The van der Waals surface area contributed by atoms with E-state index < -0.39 is 0 Å². The summed E-state index contributed by atoms with van der Waals surface area (Å²) in [6.07, 6.45) is 2.91. The lowest BCUT2D eigenvalue weighted by Crippen LogP contribution is -2.50. The first-order valence-corrected chi connectivity index (χ1v) is 9.67. The van der Waals surface area contributed by atoms with Gasteiger partial charge in [-0.1, -0.05) is 30.3 Å². The van der Waals surface area contributed by atoms with Crippen molar-refractivity contribution in [3.05, 3.63) is 60.2 Å². The maximum Gasteiger partial charge on any atom is 0.324 e. The Hall–Kier alpha value is -2.82. The van der Waals surface area contributed by atoms with E-state index in [0.29, 0.717) is 6.54 Å². The monoisotopic (exact) mass is 363 g/mol. The SMILES string of the molecule is C[C@@H](c1ccccc1)N1CCCN(c2ccc(NC(=O)C3CC3)cc2)C1=O. The van der Waals surface area contributed by atoms with E-state index in [1.54, 1.807) is 0 Å². The number of benzene rings is 2. The summed E-state index contributed by atoms with van der Waals surface area (Å²) in [6, 6.07) is 17.8. The van der Waals surface area contributed by atoms with Crippen LogP contribution in [0.2, 0.25) is 0 Å². The van der Waals surface area contributed by atoms with Gasteiger partial charge in [0.2, 0.25) is 5.91 Å². The van der Waals surface area contributed by atoms with Gasteiger partial charge in [-0.3, -0.25) is 9.69 Å². The Bertz CT molecular complexity index is 815. The lowest BCUT2D eigenvalue weighted by atomic mass is 10.1.